The van der Waals surface area contributed by atoms with Crippen molar-refractivity contribution in [3.63, 3.8) is 0 Å². The number of carbonyl (C=O) groups excluding carboxylic acids is 1. The van der Waals surface area contributed by atoms with E-state index >= 15 is 0 Å². The second-order valence-electron chi connectivity index (χ2n) is 6.17. The van der Waals surface area contributed by atoms with E-state index in [-0.39, 0.29) is 5.91 Å². The van der Waals surface area contributed by atoms with Gasteiger partial charge in [0.1, 0.15) is 5.82 Å². The largest absolute Gasteiger partial charge is 0.378 e. The topological polar surface area (TPSA) is 50.2 Å². The Morgan fingerprint density at radius 2 is 1.88 bits per heavy atom. The third kappa shape index (κ3) is 3.11. The molecule has 0 saturated carbocycles. The van der Waals surface area contributed by atoms with Crippen molar-refractivity contribution in [3.8, 4) is 0 Å². The summed E-state index contributed by atoms with van der Waals surface area (Å²) in [6, 6.07) is 13.7. The second kappa shape index (κ2) is 6.35. The minimum atomic E-state index is -0.0717. The number of aryl methyl sites for hydroxylation is 2. The van der Waals surface area contributed by atoms with Gasteiger partial charge < -0.3 is 14.8 Å². The lowest BCUT2D eigenvalue weighted by molar-refractivity contribution is 0.0951. The van der Waals surface area contributed by atoms with Gasteiger partial charge in [-0.05, 0) is 48.9 Å². The van der Waals surface area contributed by atoms with Crippen LogP contribution in [0, 0.1) is 6.92 Å². The molecule has 124 valence electrons. The van der Waals surface area contributed by atoms with Crippen molar-refractivity contribution >= 4 is 22.6 Å². The number of nitrogens with zero attached hydrogens (tertiary/aromatic N) is 3. The molecule has 5 heteroatoms. The number of hydrogen-bond donors (Lipinski definition) is 1. The third-order valence-electron chi connectivity index (χ3n) is 4.27. The summed E-state index contributed by atoms with van der Waals surface area (Å²) in [6.45, 7) is 2.47. The van der Waals surface area contributed by atoms with E-state index in [1.807, 2.05) is 75.4 Å². The minimum absolute atomic E-state index is 0.0717. The summed E-state index contributed by atoms with van der Waals surface area (Å²) < 4.78 is 2.06. The van der Waals surface area contributed by atoms with Crippen LogP contribution in [0.5, 0.6) is 0 Å². The van der Waals surface area contributed by atoms with E-state index in [9.17, 15) is 4.79 Å². The van der Waals surface area contributed by atoms with Crippen LogP contribution in [0.3, 0.4) is 0 Å². The van der Waals surface area contributed by atoms with E-state index in [1.165, 1.54) is 0 Å². The smallest absolute Gasteiger partial charge is 0.251 e. The molecular weight excluding hydrogens is 300 g/mol. The number of fused-ring (bicyclic) bond motifs is 1. The van der Waals surface area contributed by atoms with Crippen LogP contribution < -0.4 is 10.2 Å². The predicted octanol–water partition coefficient (Wildman–Crippen LogP) is 2.88. The fraction of sp³-hybridized carbons (Fsp3) is 0.263. The number of benzene rings is 2. The number of rotatable bonds is 4. The van der Waals surface area contributed by atoms with Crippen LogP contribution >= 0.6 is 0 Å². The first-order valence-corrected chi connectivity index (χ1v) is 7.93. The Balaban J connectivity index is 1.69. The molecule has 0 atom stereocenters. The third-order valence-corrected chi connectivity index (χ3v) is 4.27. The Kier molecular flexibility index (Phi) is 4.25. The van der Waals surface area contributed by atoms with Crippen molar-refractivity contribution in [2.45, 2.75) is 13.5 Å². The van der Waals surface area contributed by atoms with E-state index in [4.69, 9.17) is 0 Å². The van der Waals surface area contributed by atoms with Gasteiger partial charge in [0.15, 0.2) is 0 Å². The highest BCUT2D eigenvalue weighted by molar-refractivity contribution is 5.94. The summed E-state index contributed by atoms with van der Waals surface area (Å²) in [4.78, 5) is 18.8. The fourth-order valence-corrected chi connectivity index (χ4v) is 2.67. The Labute approximate surface area is 141 Å². The molecule has 0 aliphatic heterocycles. The zero-order valence-corrected chi connectivity index (χ0v) is 14.5. The molecule has 1 N–H and O–H groups in total. The number of anilines is 1. The molecule has 0 saturated heterocycles. The lowest BCUT2D eigenvalue weighted by Crippen LogP contribution is -2.22. The molecule has 1 aromatic heterocycles. The van der Waals surface area contributed by atoms with E-state index in [1.54, 1.807) is 0 Å². The normalized spacial score (nSPS) is 10.8. The van der Waals surface area contributed by atoms with Gasteiger partial charge in [-0.3, -0.25) is 4.79 Å². The predicted molar refractivity (Wildman–Crippen MR) is 97.4 cm³/mol. The second-order valence-corrected chi connectivity index (χ2v) is 6.17. The van der Waals surface area contributed by atoms with Gasteiger partial charge in [0.25, 0.3) is 5.91 Å². The maximum atomic E-state index is 12.3. The monoisotopic (exact) mass is 322 g/mol. The highest BCUT2D eigenvalue weighted by Gasteiger charge is 2.08. The standard InChI is InChI=1S/C19H22N4O/c1-13-21-17-11-14(5-10-18(17)23(13)4)12-20-19(24)15-6-8-16(9-7-15)22(2)3/h5-11H,12H2,1-4H3,(H,20,24). The molecule has 0 aliphatic rings. The molecule has 5 nitrogen and oxygen atoms in total. The number of nitrogens with one attached hydrogen (secondary N) is 1. The Bertz CT molecular complexity index is 878. The minimum Gasteiger partial charge on any atom is -0.378 e. The maximum Gasteiger partial charge on any atom is 0.251 e. The number of amides is 1. The first kappa shape index (κ1) is 16.1. The van der Waals surface area contributed by atoms with Gasteiger partial charge >= 0.3 is 0 Å². The zero-order valence-electron chi connectivity index (χ0n) is 14.5. The van der Waals surface area contributed by atoms with Crippen LogP contribution in [0.25, 0.3) is 11.0 Å². The van der Waals surface area contributed by atoms with Gasteiger partial charge in [-0.1, -0.05) is 6.07 Å². The number of carbonyl (C=O) groups is 1. The summed E-state index contributed by atoms with van der Waals surface area (Å²) in [7, 11) is 5.96. The number of aromatic nitrogens is 2. The molecule has 1 amide bonds. The zero-order chi connectivity index (χ0) is 17.3. The van der Waals surface area contributed by atoms with Gasteiger partial charge in [0, 0.05) is 38.9 Å². The van der Waals surface area contributed by atoms with Crippen molar-refractivity contribution in [1.29, 1.82) is 0 Å². The quantitative estimate of drug-likeness (QED) is 0.803. The molecular formula is C19H22N4O. The molecule has 3 aromatic rings. The van der Waals surface area contributed by atoms with Crippen LogP contribution in [-0.2, 0) is 13.6 Å². The maximum absolute atomic E-state index is 12.3. The van der Waals surface area contributed by atoms with Crippen molar-refractivity contribution in [2.75, 3.05) is 19.0 Å². The van der Waals surface area contributed by atoms with Crippen molar-refractivity contribution in [2.24, 2.45) is 7.05 Å². The fourth-order valence-electron chi connectivity index (χ4n) is 2.67. The lowest BCUT2D eigenvalue weighted by Gasteiger charge is -2.12. The van der Waals surface area contributed by atoms with Gasteiger partial charge in [0.05, 0.1) is 11.0 Å². The Hall–Kier alpha value is -2.82. The summed E-state index contributed by atoms with van der Waals surface area (Å²) in [5, 5.41) is 2.96. The lowest BCUT2D eigenvalue weighted by atomic mass is 10.1. The number of hydrogen-bond acceptors (Lipinski definition) is 3. The average Bonchev–Trinajstić information content (AvgIpc) is 2.86. The van der Waals surface area contributed by atoms with Crippen LogP contribution in [0.4, 0.5) is 5.69 Å². The molecule has 0 radical (unpaired) electrons. The van der Waals surface area contributed by atoms with E-state index in [0.29, 0.717) is 12.1 Å². The van der Waals surface area contributed by atoms with E-state index in [0.717, 1.165) is 28.1 Å². The van der Waals surface area contributed by atoms with E-state index in [2.05, 4.69) is 14.9 Å². The van der Waals surface area contributed by atoms with Crippen LogP contribution in [0.1, 0.15) is 21.7 Å². The van der Waals surface area contributed by atoms with Crippen LogP contribution in [0.15, 0.2) is 42.5 Å². The highest BCUT2D eigenvalue weighted by Crippen LogP contribution is 2.17. The molecule has 24 heavy (non-hydrogen) atoms. The van der Waals surface area contributed by atoms with Gasteiger partial charge in [0.2, 0.25) is 0 Å². The molecule has 0 unspecified atom stereocenters. The van der Waals surface area contributed by atoms with Crippen molar-refractivity contribution < 1.29 is 4.79 Å². The van der Waals surface area contributed by atoms with Gasteiger partial charge in [-0.2, -0.15) is 0 Å². The first-order chi connectivity index (χ1) is 11.5. The molecule has 0 bridgehead atoms. The molecule has 1 heterocycles. The Morgan fingerprint density at radius 3 is 2.54 bits per heavy atom. The molecule has 0 spiro atoms. The van der Waals surface area contributed by atoms with Crippen LogP contribution in [-0.4, -0.2) is 29.6 Å². The number of imidazole rings is 1. The summed E-state index contributed by atoms with van der Waals surface area (Å²) in [5.74, 6) is 0.907. The molecule has 0 aliphatic carbocycles. The summed E-state index contributed by atoms with van der Waals surface area (Å²) >= 11 is 0. The SMILES string of the molecule is Cc1nc2cc(CNC(=O)c3ccc(N(C)C)cc3)ccc2n1C. The van der Waals surface area contributed by atoms with E-state index < -0.39 is 0 Å². The molecule has 0 fully saturated rings. The first-order valence-electron chi connectivity index (χ1n) is 7.93. The summed E-state index contributed by atoms with van der Waals surface area (Å²) in [6.07, 6.45) is 0. The van der Waals surface area contributed by atoms with Crippen LogP contribution in [0.2, 0.25) is 0 Å². The van der Waals surface area contributed by atoms with Crippen molar-refractivity contribution in [3.05, 3.63) is 59.4 Å². The highest BCUT2D eigenvalue weighted by atomic mass is 16.1. The Morgan fingerprint density at radius 1 is 1.17 bits per heavy atom. The summed E-state index contributed by atoms with van der Waals surface area (Å²) in [5.41, 5.74) is 4.83. The van der Waals surface area contributed by atoms with Gasteiger partial charge in [-0.15, -0.1) is 0 Å². The molecule has 3 rings (SSSR count). The average molecular weight is 322 g/mol. The molecule has 2 aromatic carbocycles. The van der Waals surface area contributed by atoms with Crippen molar-refractivity contribution in [1.82, 2.24) is 14.9 Å². The van der Waals surface area contributed by atoms with Gasteiger partial charge in [-0.25, -0.2) is 4.98 Å².